The van der Waals surface area contributed by atoms with Gasteiger partial charge in [0, 0.05) is 10.9 Å². The van der Waals surface area contributed by atoms with Crippen LogP contribution >= 0.6 is 11.3 Å². The molecule has 0 bridgehead atoms. The topological polar surface area (TPSA) is 112 Å². The van der Waals surface area contributed by atoms with Gasteiger partial charge in [-0.25, -0.2) is 4.98 Å². The van der Waals surface area contributed by atoms with Crippen molar-refractivity contribution in [2.75, 3.05) is 21.3 Å². The number of nitrogens with zero attached hydrogens (tertiary/aromatic N) is 1. The van der Waals surface area contributed by atoms with Crippen molar-refractivity contribution in [2.45, 2.75) is 33.4 Å². The molecule has 2 heterocycles. The van der Waals surface area contributed by atoms with Crippen molar-refractivity contribution >= 4 is 23.2 Å². The number of hydrogen-bond donors (Lipinski definition) is 2. The van der Waals surface area contributed by atoms with Crippen molar-refractivity contribution in [1.29, 1.82) is 0 Å². The van der Waals surface area contributed by atoms with E-state index in [0.29, 0.717) is 28.8 Å². The maximum absolute atomic E-state index is 13.0. The lowest BCUT2D eigenvalue weighted by atomic mass is 10.0. The lowest BCUT2D eigenvalue weighted by molar-refractivity contribution is -0.124. The van der Waals surface area contributed by atoms with Crippen LogP contribution in [0.4, 0.5) is 0 Å². The number of nitrogens with one attached hydrogen (secondary N) is 2. The molecule has 2 aromatic heterocycles. The first kappa shape index (κ1) is 25.1. The molecular weight excluding hydrogens is 458 g/mol. The molecule has 0 unspecified atom stereocenters. The van der Waals surface area contributed by atoms with Crippen LogP contribution in [0, 0.1) is 12.8 Å². The second kappa shape index (κ2) is 11.1. The number of carbonyl (C=O) groups is 2. The fourth-order valence-electron chi connectivity index (χ4n) is 3.34. The van der Waals surface area contributed by atoms with Crippen LogP contribution in [0.25, 0.3) is 11.5 Å². The third-order valence-corrected chi connectivity index (χ3v) is 5.91. The summed E-state index contributed by atoms with van der Waals surface area (Å²) in [6.07, 6.45) is 0. The van der Waals surface area contributed by atoms with Crippen LogP contribution in [0.15, 0.2) is 34.1 Å². The number of carbonyl (C=O) groups excluding carboxylic acids is 2. The molecule has 1 aromatic carbocycles. The largest absolute Gasteiger partial charge is 0.493 e. The zero-order chi connectivity index (χ0) is 24.8. The minimum atomic E-state index is -0.762. The van der Waals surface area contributed by atoms with Crippen molar-refractivity contribution in [2.24, 2.45) is 5.92 Å². The lowest BCUT2D eigenvalue weighted by Crippen LogP contribution is -2.49. The van der Waals surface area contributed by atoms with Crippen molar-refractivity contribution in [3.63, 3.8) is 0 Å². The Bertz CT molecular complexity index is 1130. The van der Waals surface area contributed by atoms with Crippen LogP contribution in [0.3, 0.4) is 0 Å². The number of ether oxygens (including phenoxy) is 3. The van der Waals surface area contributed by atoms with Crippen molar-refractivity contribution in [3.05, 3.63) is 46.0 Å². The second-order valence-electron chi connectivity index (χ2n) is 7.84. The molecule has 1 atom stereocenters. The summed E-state index contributed by atoms with van der Waals surface area (Å²) < 4.78 is 21.7. The Morgan fingerprint density at radius 1 is 1.09 bits per heavy atom. The molecule has 0 spiro atoms. The van der Waals surface area contributed by atoms with Crippen LogP contribution in [0.2, 0.25) is 0 Å². The van der Waals surface area contributed by atoms with Crippen LogP contribution in [0.1, 0.15) is 35.0 Å². The number of hydrogen-bond acceptors (Lipinski definition) is 8. The predicted molar refractivity (Wildman–Crippen MR) is 129 cm³/mol. The van der Waals surface area contributed by atoms with E-state index < -0.39 is 11.9 Å². The molecule has 3 aromatic rings. The summed E-state index contributed by atoms with van der Waals surface area (Å²) in [7, 11) is 4.43. The number of aryl methyl sites for hydroxylation is 1. The zero-order valence-corrected chi connectivity index (χ0v) is 20.9. The number of benzene rings is 1. The molecule has 9 nitrogen and oxygen atoms in total. The molecule has 0 radical (unpaired) electrons. The first-order chi connectivity index (χ1) is 16.3. The Kier molecular flexibility index (Phi) is 8.17. The molecule has 0 aliphatic carbocycles. The molecule has 0 saturated heterocycles. The maximum Gasteiger partial charge on any atom is 0.252 e. The van der Waals surface area contributed by atoms with Gasteiger partial charge in [-0.1, -0.05) is 13.8 Å². The van der Waals surface area contributed by atoms with E-state index in [0.717, 1.165) is 10.7 Å². The number of aromatic nitrogens is 1. The van der Waals surface area contributed by atoms with E-state index in [-0.39, 0.29) is 23.9 Å². The van der Waals surface area contributed by atoms with Gasteiger partial charge in [0.05, 0.1) is 32.9 Å². The molecule has 182 valence electrons. The molecule has 2 amide bonds. The highest BCUT2D eigenvalue weighted by Gasteiger charge is 2.26. The lowest BCUT2D eigenvalue weighted by Gasteiger charge is -2.22. The van der Waals surface area contributed by atoms with Crippen LogP contribution < -0.4 is 24.8 Å². The summed E-state index contributed by atoms with van der Waals surface area (Å²) >= 11 is 1.54. The minimum absolute atomic E-state index is 0.156. The quantitative estimate of drug-likeness (QED) is 0.447. The van der Waals surface area contributed by atoms with E-state index in [1.54, 1.807) is 17.4 Å². The minimum Gasteiger partial charge on any atom is -0.493 e. The van der Waals surface area contributed by atoms with Gasteiger partial charge in [-0.15, -0.1) is 11.3 Å². The Balaban J connectivity index is 1.68. The highest BCUT2D eigenvalue weighted by Crippen LogP contribution is 2.38. The zero-order valence-electron chi connectivity index (χ0n) is 20.1. The standard InChI is InChI=1S/C24H29N3O6S/c1-13(2)21(27-23(28)15-9-19(30-4)22(32-6)20(10-15)31-5)24(29)25-11-16-7-8-18(33-16)17-12-34-14(3)26-17/h7-10,12-13,21H,11H2,1-6H3,(H,25,29)(H,27,28)/t21-/m0/s1. The van der Waals surface area contributed by atoms with E-state index in [1.165, 1.54) is 33.5 Å². The molecule has 0 saturated carbocycles. The first-order valence-corrected chi connectivity index (χ1v) is 11.5. The van der Waals surface area contributed by atoms with Gasteiger partial charge < -0.3 is 29.3 Å². The summed E-state index contributed by atoms with van der Waals surface area (Å²) in [6, 6.07) is 5.93. The van der Waals surface area contributed by atoms with Gasteiger partial charge in [0.15, 0.2) is 17.3 Å². The Hall–Kier alpha value is -3.53. The summed E-state index contributed by atoms with van der Waals surface area (Å²) in [4.78, 5) is 30.3. The average molecular weight is 488 g/mol. The van der Waals surface area contributed by atoms with Crippen molar-refractivity contribution in [1.82, 2.24) is 15.6 Å². The smallest absolute Gasteiger partial charge is 0.252 e. The van der Waals surface area contributed by atoms with Crippen LogP contribution in [0.5, 0.6) is 17.2 Å². The number of furan rings is 1. The van der Waals surface area contributed by atoms with Gasteiger partial charge in [0.1, 0.15) is 17.5 Å². The Labute approximate surface area is 202 Å². The van der Waals surface area contributed by atoms with Gasteiger partial charge >= 0.3 is 0 Å². The monoisotopic (exact) mass is 487 g/mol. The molecule has 0 fully saturated rings. The van der Waals surface area contributed by atoms with Crippen LogP contribution in [-0.2, 0) is 11.3 Å². The molecule has 10 heteroatoms. The van der Waals surface area contributed by atoms with Gasteiger partial charge in [0.25, 0.3) is 5.91 Å². The van der Waals surface area contributed by atoms with E-state index in [4.69, 9.17) is 18.6 Å². The number of amides is 2. The van der Waals surface area contributed by atoms with Gasteiger partial charge in [-0.05, 0) is 37.1 Å². The fraction of sp³-hybridized carbons (Fsp3) is 0.375. The van der Waals surface area contributed by atoms with Gasteiger partial charge in [0.2, 0.25) is 11.7 Å². The predicted octanol–water partition coefficient (Wildman–Crippen LogP) is 3.81. The third kappa shape index (κ3) is 5.69. The maximum atomic E-state index is 13.0. The van der Waals surface area contributed by atoms with Gasteiger partial charge in [-0.3, -0.25) is 9.59 Å². The summed E-state index contributed by atoms with van der Waals surface area (Å²) in [5.41, 5.74) is 1.04. The highest BCUT2D eigenvalue weighted by atomic mass is 32.1. The number of rotatable bonds is 10. The molecule has 0 aliphatic heterocycles. The molecule has 34 heavy (non-hydrogen) atoms. The normalized spacial score (nSPS) is 11.7. The van der Waals surface area contributed by atoms with E-state index in [9.17, 15) is 9.59 Å². The Morgan fingerprint density at radius 2 is 1.76 bits per heavy atom. The van der Waals surface area contributed by atoms with E-state index in [2.05, 4.69) is 15.6 Å². The number of thiazole rings is 1. The summed E-state index contributed by atoms with van der Waals surface area (Å²) in [5.74, 6) is 1.40. The highest BCUT2D eigenvalue weighted by molar-refractivity contribution is 7.09. The summed E-state index contributed by atoms with van der Waals surface area (Å²) in [6.45, 7) is 5.83. The molecule has 0 aliphatic rings. The Morgan fingerprint density at radius 3 is 2.29 bits per heavy atom. The van der Waals surface area contributed by atoms with Crippen LogP contribution in [-0.4, -0.2) is 44.2 Å². The van der Waals surface area contributed by atoms with Crippen molar-refractivity contribution < 1.29 is 28.2 Å². The third-order valence-electron chi connectivity index (χ3n) is 5.13. The van der Waals surface area contributed by atoms with Gasteiger partial charge in [-0.2, -0.15) is 0 Å². The first-order valence-electron chi connectivity index (χ1n) is 10.7. The molecular formula is C24H29N3O6S. The van der Waals surface area contributed by atoms with E-state index in [1.807, 2.05) is 32.2 Å². The van der Waals surface area contributed by atoms with Crippen molar-refractivity contribution in [3.8, 4) is 28.7 Å². The SMILES string of the molecule is COc1cc(C(=O)N[C@H](C(=O)NCc2ccc(-c3csc(C)n3)o2)C(C)C)cc(OC)c1OC. The average Bonchev–Trinajstić information content (AvgIpc) is 3.48. The number of methoxy groups -OCH3 is 3. The molecule has 2 N–H and O–H groups in total. The second-order valence-corrected chi connectivity index (χ2v) is 8.91. The fourth-order valence-corrected chi connectivity index (χ4v) is 3.95. The van der Waals surface area contributed by atoms with E-state index >= 15 is 0 Å². The summed E-state index contributed by atoms with van der Waals surface area (Å²) in [5, 5.41) is 8.51. The molecule has 3 rings (SSSR count).